The first-order valence-electron chi connectivity index (χ1n) is 2.87. The lowest BCUT2D eigenvalue weighted by atomic mass is 11.6. The maximum atomic E-state index is 8.17. The summed E-state index contributed by atoms with van der Waals surface area (Å²) in [6, 6.07) is 0. The van der Waals surface area contributed by atoms with Gasteiger partial charge in [0.15, 0.2) is 0 Å². The maximum Gasteiger partial charge on any atom is 0.375 e. The summed E-state index contributed by atoms with van der Waals surface area (Å²) in [5.74, 6) is 0. The van der Waals surface area contributed by atoms with Crippen LogP contribution in [-0.4, -0.2) is 29.9 Å². The fourth-order valence-corrected chi connectivity index (χ4v) is 1.78. The summed E-state index contributed by atoms with van der Waals surface area (Å²) in [6.45, 7) is 0. The smallest absolute Gasteiger partial charge is 0.313 e. The Hall–Kier alpha value is -0.593. The van der Waals surface area contributed by atoms with Gasteiger partial charge in [-0.25, -0.2) is 0 Å². The summed E-state index contributed by atoms with van der Waals surface area (Å²) >= 11 is 0. The molecule has 3 N–H and O–H groups in total. The average molecular weight is 160 g/mol. The molecule has 58 valence electrons. The molecular formula is C3H12N6Si. The van der Waals surface area contributed by atoms with E-state index in [4.69, 9.17) is 5.53 Å². The quantitative estimate of drug-likeness (QED) is 0.222. The van der Waals surface area contributed by atoms with E-state index in [1.54, 1.807) is 21.1 Å². The van der Waals surface area contributed by atoms with Gasteiger partial charge >= 0.3 is 8.72 Å². The van der Waals surface area contributed by atoms with Crippen molar-refractivity contribution in [3.63, 3.8) is 0 Å². The van der Waals surface area contributed by atoms with E-state index in [2.05, 4.69) is 24.6 Å². The van der Waals surface area contributed by atoms with Crippen LogP contribution in [0.3, 0.4) is 0 Å². The van der Waals surface area contributed by atoms with Gasteiger partial charge in [-0.2, -0.15) is 0 Å². The zero-order valence-corrected chi connectivity index (χ0v) is 7.34. The molecule has 0 saturated carbocycles. The minimum Gasteiger partial charge on any atom is -0.313 e. The minimum absolute atomic E-state index is 1.74. The lowest BCUT2D eigenvalue weighted by molar-refractivity contribution is 0.901. The standard InChI is InChI=1S/C3H12N6Si/c1-5-10(6-2,7-3)9-8-4/h5-7H,1-3H3. The van der Waals surface area contributed by atoms with Crippen molar-refractivity contribution < 1.29 is 0 Å². The average Bonchev–Trinajstić information content (AvgIpc) is 2.01. The molecule has 0 aromatic carbocycles. The van der Waals surface area contributed by atoms with Crippen LogP contribution in [0, 0.1) is 0 Å². The molecular weight excluding hydrogens is 148 g/mol. The van der Waals surface area contributed by atoms with Gasteiger partial charge in [0.25, 0.3) is 0 Å². The van der Waals surface area contributed by atoms with Crippen molar-refractivity contribution in [2.75, 3.05) is 21.1 Å². The Bertz CT molecular complexity index is 128. The molecule has 0 saturated heterocycles. The highest BCUT2D eigenvalue weighted by atomic mass is 28.4. The number of hydrogen-bond donors (Lipinski definition) is 3. The van der Waals surface area contributed by atoms with Crippen LogP contribution in [0.15, 0.2) is 4.78 Å². The molecule has 0 aliphatic heterocycles. The van der Waals surface area contributed by atoms with Crippen LogP contribution < -0.4 is 14.9 Å². The van der Waals surface area contributed by atoms with Crippen molar-refractivity contribution in [2.24, 2.45) is 4.78 Å². The van der Waals surface area contributed by atoms with Gasteiger partial charge in [0, 0.05) is 4.91 Å². The first-order chi connectivity index (χ1) is 4.74. The van der Waals surface area contributed by atoms with Crippen molar-refractivity contribution in [1.82, 2.24) is 14.9 Å². The summed E-state index contributed by atoms with van der Waals surface area (Å²) in [4.78, 5) is 11.5. The molecule has 0 heterocycles. The predicted molar refractivity (Wildman–Crippen MR) is 42.1 cm³/mol. The van der Waals surface area contributed by atoms with Crippen LogP contribution >= 0.6 is 0 Å². The second-order valence-corrected chi connectivity index (χ2v) is 4.77. The van der Waals surface area contributed by atoms with Crippen molar-refractivity contribution in [1.29, 1.82) is 0 Å². The fraction of sp³-hybridized carbons (Fsp3) is 1.00. The van der Waals surface area contributed by atoms with Crippen LogP contribution in [0.5, 0.6) is 0 Å². The van der Waals surface area contributed by atoms with Crippen LogP contribution in [0.1, 0.15) is 0 Å². The monoisotopic (exact) mass is 160 g/mol. The van der Waals surface area contributed by atoms with Gasteiger partial charge in [0.1, 0.15) is 0 Å². The highest BCUT2D eigenvalue weighted by Crippen LogP contribution is 1.86. The van der Waals surface area contributed by atoms with Crippen LogP contribution in [0.4, 0.5) is 0 Å². The summed E-state index contributed by atoms with van der Waals surface area (Å²) in [6.07, 6.45) is 0. The molecule has 0 fully saturated rings. The third-order valence-electron chi connectivity index (χ3n) is 1.28. The molecule has 6 nitrogen and oxygen atoms in total. The van der Waals surface area contributed by atoms with E-state index in [0.29, 0.717) is 0 Å². The van der Waals surface area contributed by atoms with E-state index in [-0.39, 0.29) is 0 Å². The number of nitrogens with zero attached hydrogens (tertiary/aromatic N) is 3. The zero-order chi connectivity index (χ0) is 8.04. The molecule has 7 heteroatoms. The zero-order valence-electron chi connectivity index (χ0n) is 6.34. The Kier molecular flexibility index (Phi) is 4.01. The maximum absolute atomic E-state index is 8.17. The Labute approximate surface area is 61.0 Å². The van der Waals surface area contributed by atoms with Gasteiger partial charge in [-0.1, -0.05) is 4.78 Å². The molecule has 0 atom stereocenters. The number of rotatable bonds is 4. The Balaban J connectivity index is 4.29. The van der Waals surface area contributed by atoms with E-state index in [0.717, 1.165) is 0 Å². The van der Waals surface area contributed by atoms with E-state index >= 15 is 0 Å². The molecule has 0 radical (unpaired) electrons. The number of nitrogens with one attached hydrogen (secondary N) is 3. The first-order valence-corrected chi connectivity index (χ1v) is 4.82. The summed E-state index contributed by atoms with van der Waals surface area (Å²) < 4.78 is 3.60. The van der Waals surface area contributed by atoms with E-state index in [1.807, 2.05) is 0 Å². The van der Waals surface area contributed by atoms with E-state index < -0.39 is 8.72 Å². The van der Waals surface area contributed by atoms with Crippen molar-refractivity contribution in [3.05, 3.63) is 10.4 Å². The lowest BCUT2D eigenvalue weighted by Crippen LogP contribution is -2.67. The molecule has 0 aliphatic rings. The second kappa shape index (κ2) is 4.26. The summed E-state index contributed by atoms with van der Waals surface area (Å²) in [7, 11) is 2.97. The van der Waals surface area contributed by atoms with Crippen molar-refractivity contribution >= 4 is 8.72 Å². The SMILES string of the molecule is CN[Si](N=[N+]=[N-])(NC)NC. The summed E-state index contributed by atoms with van der Waals surface area (Å²) in [5, 5.41) is 0. The molecule has 10 heavy (non-hydrogen) atoms. The molecule has 0 rings (SSSR count). The van der Waals surface area contributed by atoms with Crippen LogP contribution in [-0.2, 0) is 0 Å². The highest BCUT2D eigenvalue weighted by molar-refractivity contribution is 6.70. The van der Waals surface area contributed by atoms with Crippen LogP contribution in [0.2, 0.25) is 0 Å². The van der Waals surface area contributed by atoms with Gasteiger partial charge in [-0.05, 0) is 26.7 Å². The minimum atomic E-state index is -2.26. The molecule has 0 aromatic rings. The third kappa shape index (κ3) is 1.98. The highest BCUT2D eigenvalue weighted by Gasteiger charge is 2.26. The molecule has 0 amide bonds. The van der Waals surface area contributed by atoms with Gasteiger partial charge in [0.05, 0.1) is 0 Å². The number of hydrogen-bond acceptors (Lipinski definition) is 4. The number of azide groups is 1. The van der Waals surface area contributed by atoms with Crippen molar-refractivity contribution in [3.8, 4) is 0 Å². The van der Waals surface area contributed by atoms with Gasteiger partial charge in [-0.15, -0.1) is 0 Å². The third-order valence-corrected chi connectivity index (χ3v) is 3.84. The Morgan fingerprint density at radius 3 is 1.70 bits per heavy atom. The topological polar surface area (TPSA) is 84.9 Å². The van der Waals surface area contributed by atoms with Gasteiger partial charge < -0.3 is 14.9 Å². The molecule has 0 aromatic heterocycles. The predicted octanol–water partition coefficient (Wildman–Crippen LogP) is -0.610. The van der Waals surface area contributed by atoms with E-state index in [9.17, 15) is 0 Å². The first kappa shape index (κ1) is 9.41. The Morgan fingerprint density at radius 2 is 1.60 bits per heavy atom. The lowest BCUT2D eigenvalue weighted by Gasteiger charge is -2.22. The second-order valence-electron chi connectivity index (χ2n) is 1.65. The van der Waals surface area contributed by atoms with Gasteiger partial charge in [0.2, 0.25) is 0 Å². The molecule has 0 spiro atoms. The Morgan fingerprint density at radius 1 is 1.20 bits per heavy atom. The summed E-state index contributed by atoms with van der Waals surface area (Å²) in [5.41, 5.74) is 8.17. The molecule has 0 aliphatic carbocycles. The molecule has 0 unspecified atom stereocenters. The van der Waals surface area contributed by atoms with E-state index in [1.165, 1.54) is 0 Å². The largest absolute Gasteiger partial charge is 0.375 e. The van der Waals surface area contributed by atoms with Gasteiger partial charge in [-0.3, -0.25) is 0 Å². The van der Waals surface area contributed by atoms with Crippen LogP contribution in [0.25, 0.3) is 10.4 Å². The fourth-order valence-electron chi connectivity index (χ4n) is 0.592. The normalized spacial score (nSPS) is 10.7. The van der Waals surface area contributed by atoms with Crippen molar-refractivity contribution in [2.45, 2.75) is 0 Å². The molecule has 0 bridgehead atoms.